The summed E-state index contributed by atoms with van der Waals surface area (Å²) in [5, 5.41) is 1.77. The number of carbonyl (C=O) groups is 2. The number of nitrogens with one attached hydrogen (secondary N) is 1. The van der Waals surface area contributed by atoms with Crippen molar-refractivity contribution in [1.82, 2.24) is 10.4 Å². The molecule has 1 heterocycles. The summed E-state index contributed by atoms with van der Waals surface area (Å²) in [7, 11) is 0. The smallest absolute Gasteiger partial charge is 0.285 e. The first-order valence-electron chi connectivity index (χ1n) is 10.0. The summed E-state index contributed by atoms with van der Waals surface area (Å²) in [5.74, 6) is -0.168. The minimum absolute atomic E-state index is 0.256. The van der Waals surface area contributed by atoms with Crippen molar-refractivity contribution in [3.8, 4) is 5.75 Å². The van der Waals surface area contributed by atoms with Crippen LogP contribution in [0.3, 0.4) is 0 Å². The number of ether oxygens (including phenoxy) is 1. The molecule has 5 nitrogen and oxygen atoms in total. The maximum absolute atomic E-state index is 12.9. The highest BCUT2D eigenvalue weighted by atomic mass is 35.5. The zero-order chi connectivity index (χ0) is 23.4. The summed E-state index contributed by atoms with van der Waals surface area (Å²) in [6, 6.07) is 21.9. The second kappa shape index (κ2) is 10.2. The van der Waals surface area contributed by atoms with Crippen LogP contribution in [0.2, 0.25) is 5.02 Å². The number of halogens is 1. The number of para-hydroxylation sites is 1. The van der Waals surface area contributed by atoms with Crippen molar-refractivity contribution in [2.24, 2.45) is 0 Å². The largest absolute Gasteiger partial charge is 0.488 e. The van der Waals surface area contributed by atoms with Gasteiger partial charge in [0.15, 0.2) is 4.32 Å². The molecule has 0 aromatic heterocycles. The van der Waals surface area contributed by atoms with Crippen LogP contribution in [0, 0.1) is 6.92 Å². The van der Waals surface area contributed by atoms with Gasteiger partial charge >= 0.3 is 0 Å². The average molecular weight is 495 g/mol. The van der Waals surface area contributed by atoms with Crippen LogP contribution in [0.4, 0.5) is 0 Å². The van der Waals surface area contributed by atoms with E-state index in [0.29, 0.717) is 27.8 Å². The number of thioether (sulfide) groups is 1. The van der Waals surface area contributed by atoms with Crippen LogP contribution in [0.5, 0.6) is 5.75 Å². The van der Waals surface area contributed by atoms with E-state index in [2.05, 4.69) is 5.43 Å². The van der Waals surface area contributed by atoms with Gasteiger partial charge in [-0.2, -0.15) is 5.01 Å². The van der Waals surface area contributed by atoms with Gasteiger partial charge in [-0.3, -0.25) is 15.0 Å². The van der Waals surface area contributed by atoms with Gasteiger partial charge in [-0.1, -0.05) is 71.4 Å². The predicted octanol–water partition coefficient (Wildman–Crippen LogP) is 5.77. The fourth-order valence-corrected chi connectivity index (χ4v) is 4.35. The summed E-state index contributed by atoms with van der Waals surface area (Å²) >= 11 is 12.4. The summed E-state index contributed by atoms with van der Waals surface area (Å²) in [6.45, 7) is 2.29. The molecule has 0 bridgehead atoms. The van der Waals surface area contributed by atoms with Gasteiger partial charge < -0.3 is 4.74 Å². The van der Waals surface area contributed by atoms with Crippen LogP contribution in [0.1, 0.15) is 27.0 Å². The van der Waals surface area contributed by atoms with Crippen LogP contribution in [0.25, 0.3) is 6.08 Å². The zero-order valence-electron chi connectivity index (χ0n) is 17.6. The summed E-state index contributed by atoms with van der Waals surface area (Å²) < 4.78 is 6.23. The summed E-state index contributed by atoms with van der Waals surface area (Å²) in [6.07, 6.45) is 1.72. The highest BCUT2D eigenvalue weighted by Gasteiger charge is 2.34. The van der Waals surface area contributed by atoms with Crippen molar-refractivity contribution in [2.45, 2.75) is 13.5 Å². The van der Waals surface area contributed by atoms with E-state index in [1.165, 1.54) is 0 Å². The maximum Gasteiger partial charge on any atom is 0.285 e. The average Bonchev–Trinajstić information content (AvgIpc) is 3.07. The molecule has 0 radical (unpaired) electrons. The topological polar surface area (TPSA) is 58.6 Å². The molecule has 2 amide bonds. The van der Waals surface area contributed by atoms with Gasteiger partial charge in [-0.15, -0.1) is 0 Å². The number of aryl methyl sites for hydroxylation is 1. The molecule has 1 aliphatic rings. The van der Waals surface area contributed by atoms with Crippen molar-refractivity contribution >= 4 is 57.8 Å². The third kappa shape index (κ3) is 5.63. The third-order valence-electron chi connectivity index (χ3n) is 4.83. The van der Waals surface area contributed by atoms with Gasteiger partial charge in [0.2, 0.25) is 0 Å². The molecule has 0 unspecified atom stereocenters. The van der Waals surface area contributed by atoms with Gasteiger partial charge in [0.1, 0.15) is 12.4 Å². The van der Waals surface area contributed by atoms with E-state index in [4.69, 9.17) is 28.6 Å². The molecule has 1 fully saturated rings. The molecule has 0 atom stereocenters. The molecular formula is C25H19ClN2O3S2. The molecule has 8 heteroatoms. The SMILES string of the molecule is Cc1ccc(C(=O)NN2C(=O)/C(=C\c3ccccc3OCc3ccc(Cl)cc3)SC2=S)cc1. The number of thiocarbonyl (C=S) groups is 1. The Morgan fingerprint density at radius 3 is 2.52 bits per heavy atom. The van der Waals surface area contributed by atoms with Gasteiger partial charge in [0.05, 0.1) is 4.91 Å². The molecule has 1 aliphatic heterocycles. The molecule has 0 saturated carbocycles. The molecule has 1 N–H and O–H groups in total. The molecule has 0 spiro atoms. The Bertz CT molecular complexity index is 1240. The molecule has 3 aromatic carbocycles. The number of benzene rings is 3. The number of carbonyl (C=O) groups excluding carboxylic acids is 2. The Kier molecular flexibility index (Phi) is 7.13. The van der Waals surface area contributed by atoms with Crippen molar-refractivity contribution in [2.75, 3.05) is 0 Å². The molecular weight excluding hydrogens is 476 g/mol. The Labute approximate surface area is 206 Å². The van der Waals surface area contributed by atoms with Gasteiger partial charge in [-0.25, -0.2) is 0 Å². The lowest BCUT2D eigenvalue weighted by Crippen LogP contribution is -2.44. The van der Waals surface area contributed by atoms with Crippen LogP contribution < -0.4 is 10.2 Å². The van der Waals surface area contributed by atoms with Gasteiger partial charge in [0.25, 0.3) is 11.8 Å². The fraction of sp³-hybridized carbons (Fsp3) is 0.0800. The molecule has 0 aliphatic carbocycles. The second-order valence-corrected chi connectivity index (χ2v) is 9.39. The lowest BCUT2D eigenvalue weighted by Gasteiger charge is -2.15. The molecule has 166 valence electrons. The lowest BCUT2D eigenvalue weighted by atomic mass is 10.1. The van der Waals surface area contributed by atoms with E-state index >= 15 is 0 Å². The maximum atomic E-state index is 12.9. The predicted molar refractivity (Wildman–Crippen MR) is 136 cm³/mol. The van der Waals surface area contributed by atoms with Crippen LogP contribution in [0.15, 0.2) is 77.7 Å². The molecule has 33 heavy (non-hydrogen) atoms. The quantitative estimate of drug-likeness (QED) is 0.348. The van der Waals surface area contributed by atoms with Crippen LogP contribution >= 0.6 is 35.6 Å². The standard InChI is InChI=1S/C25H19ClN2O3S2/c1-16-6-10-18(11-7-16)23(29)27-28-24(30)22(33-25(28)32)14-19-4-2-3-5-21(19)31-15-17-8-12-20(26)13-9-17/h2-14H,15H2,1H3,(H,27,29)/b22-14+. The van der Waals surface area contributed by atoms with E-state index < -0.39 is 11.8 Å². The van der Waals surface area contributed by atoms with Crippen molar-refractivity contribution in [3.05, 3.63) is 105 Å². The van der Waals surface area contributed by atoms with Crippen molar-refractivity contribution in [3.63, 3.8) is 0 Å². The van der Waals surface area contributed by atoms with E-state index in [-0.39, 0.29) is 4.32 Å². The second-order valence-electron chi connectivity index (χ2n) is 7.28. The summed E-state index contributed by atoms with van der Waals surface area (Å²) in [5.41, 5.74) is 5.78. The molecule has 4 rings (SSSR count). The first-order valence-corrected chi connectivity index (χ1v) is 11.6. The Morgan fingerprint density at radius 2 is 1.79 bits per heavy atom. The highest BCUT2D eigenvalue weighted by molar-refractivity contribution is 8.26. The molecule has 3 aromatic rings. The van der Waals surface area contributed by atoms with E-state index in [1.54, 1.807) is 18.2 Å². The van der Waals surface area contributed by atoms with E-state index in [9.17, 15) is 9.59 Å². The number of hydrogen-bond acceptors (Lipinski definition) is 5. The van der Waals surface area contributed by atoms with Gasteiger partial charge in [-0.05, 0) is 61.1 Å². The first kappa shape index (κ1) is 23.0. The lowest BCUT2D eigenvalue weighted by molar-refractivity contribution is -0.123. The number of nitrogens with zero attached hydrogens (tertiary/aromatic N) is 1. The van der Waals surface area contributed by atoms with Crippen LogP contribution in [-0.4, -0.2) is 21.1 Å². The minimum atomic E-state index is -0.403. The Balaban J connectivity index is 1.48. The number of rotatable bonds is 6. The summed E-state index contributed by atoms with van der Waals surface area (Å²) in [4.78, 5) is 25.9. The van der Waals surface area contributed by atoms with Crippen molar-refractivity contribution < 1.29 is 14.3 Å². The minimum Gasteiger partial charge on any atom is -0.488 e. The Hall–Kier alpha value is -3.13. The number of hydrazine groups is 1. The van der Waals surface area contributed by atoms with E-state index in [1.807, 2.05) is 67.6 Å². The normalized spacial score (nSPS) is 14.6. The Morgan fingerprint density at radius 1 is 1.09 bits per heavy atom. The van der Waals surface area contributed by atoms with E-state index in [0.717, 1.165) is 33.5 Å². The number of amides is 2. The van der Waals surface area contributed by atoms with Crippen molar-refractivity contribution in [1.29, 1.82) is 0 Å². The van der Waals surface area contributed by atoms with Crippen LogP contribution in [-0.2, 0) is 11.4 Å². The zero-order valence-corrected chi connectivity index (χ0v) is 20.0. The fourth-order valence-electron chi connectivity index (χ4n) is 3.05. The molecule has 1 saturated heterocycles. The first-order chi connectivity index (χ1) is 15.9. The third-order valence-corrected chi connectivity index (χ3v) is 6.39. The highest BCUT2D eigenvalue weighted by Crippen LogP contribution is 2.33. The van der Waals surface area contributed by atoms with Gasteiger partial charge in [0, 0.05) is 16.1 Å². The number of hydrogen-bond donors (Lipinski definition) is 1. The monoisotopic (exact) mass is 494 g/mol.